The van der Waals surface area contributed by atoms with Gasteiger partial charge in [0, 0.05) is 18.6 Å². The van der Waals surface area contributed by atoms with Crippen molar-refractivity contribution in [3.8, 4) is 0 Å². The molecule has 0 aliphatic heterocycles. The van der Waals surface area contributed by atoms with Crippen LogP contribution in [0.3, 0.4) is 0 Å². The van der Waals surface area contributed by atoms with Crippen molar-refractivity contribution >= 4 is 0 Å². The zero-order valence-electron chi connectivity index (χ0n) is 17.4. The van der Waals surface area contributed by atoms with Gasteiger partial charge in [0.25, 0.3) is 0 Å². The Kier molecular flexibility index (Phi) is 6.83. The largest absolute Gasteiger partial charge is 0.390 e. The predicted molar refractivity (Wildman–Crippen MR) is 117 cm³/mol. The first kappa shape index (κ1) is 21.2. The number of benzene rings is 3. The van der Waals surface area contributed by atoms with E-state index in [9.17, 15) is 9.50 Å². The Morgan fingerprint density at radius 1 is 0.862 bits per heavy atom. The fraction of sp³-hybridized carbons (Fsp3) is 0.308. The molecular formula is C26H30FNO. The molecule has 0 amide bonds. The van der Waals surface area contributed by atoms with Gasteiger partial charge in [0.05, 0.1) is 5.60 Å². The Balaban J connectivity index is 2.05. The molecule has 0 fully saturated rings. The molecule has 0 heterocycles. The summed E-state index contributed by atoms with van der Waals surface area (Å²) in [5, 5.41) is 10.7. The average molecular weight is 392 g/mol. The van der Waals surface area contributed by atoms with Gasteiger partial charge in [-0.2, -0.15) is 0 Å². The van der Waals surface area contributed by atoms with Crippen LogP contribution in [0, 0.1) is 5.82 Å². The molecule has 0 spiro atoms. The number of nitrogens with zero attached hydrogens (tertiary/aromatic N) is 1. The molecule has 3 aromatic carbocycles. The van der Waals surface area contributed by atoms with Crippen molar-refractivity contribution in [3.05, 3.63) is 107 Å². The first-order chi connectivity index (χ1) is 13.8. The third-order valence-electron chi connectivity index (χ3n) is 5.31. The molecule has 3 aromatic rings. The van der Waals surface area contributed by atoms with E-state index in [1.165, 1.54) is 17.2 Å². The van der Waals surface area contributed by atoms with E-state index >= 15 is 0 Å². The van der Waals surface area contributed by atoms with Crippen molar-refractivity contribution in [3.63, 3.8) is 0 Å². The lowest BCUT2D eigenvalue weighted by atomic mass is 9.90. The molecule has 1 unspecified atom stereocenters. The van der Waals surface area contributed by atoms with Gasteiger partial charge in [-0.15, -0.1) is 0 Å². The standard InChI is InChI=1S/C26H30FNO/c1-20(22-13-8-5-9-14-22)28(19-21-11-6-4-7-12-21)25(18-26(2,3)29)23-15-10-16-24(27)17-23/h4-17,20,25,29H,18-19H2,1-3H3/t20-,25?/m0/s1. The van der Waals surface area contributed by atoms with E-state index in [0.29, 0.717) is 13.0 Å². The van der Waals surface area contributed by atoms with Crippen LogP contribution in [-0.4, -0.2) is 15.6 Å². The second-order valence-corrected chi connectivity index (χ2v) is 8.33. The smallest absolute Gasteiger partial charge is 0.123 e. The Morgan fingerprint density at radius 2 is 1.45 bits per heavy atom. The zero-order chi connectivity index (χ0) is 20.9. The summed E-state index contributed by atoms with van der Waals surface area (Å²) in [4.78, 5) is 2.36. The number of halogens is 1. The van der Waals surface area contributed by atoms with Gasteiger partial charge >= 0.3 is 0 Å². The van der Waals surface area contributed by atoms with Gasteiger partial charge in [-0.3, -0.25) is 4.90 Å². The number of hydrogen-bond donors (Lipinski definition) is 1. The van der Waals surface area contributed by atoms with Crippen LogP contribution >= 0.6 is 0 Å². The molecular weight excluding hydrogens is 361 g/mol. The van der Waals surface area contributed by atoms with Crippen molar-refractivity contribution in [1.29, 1.82) is 0 Å². The molecule has 0 radical (unpaired) electrons. The van der Waals surface area contributed by atoms with Crippen LogP contribution in [0.25, 0.3) is 0 Å². The lowest BCUT2D eigenvalue weighted by molar-refractivity contribution is 0.0182. The second kappa shape index (κ2) is 9.34. The van der Waals surface area contributed by atoms with E-state index in [1.807, 2.05) is 56.3 Å². The van der Waals surface area contributed by atoms with Gasteiger partial charge in [0.15, 0.2) is 0 Å². The molecule has 0 saturated heterocycles. The van der Waals surface area contributed by atoms with Crippen LogP contribution in [0.15, 0.2) is 84.9 Å². The summed E-state index contributed by atoms with van der Waals surface area (Å²) >= 11 is 0. The van der Waals surface area contributed by atoms with E-state index in [0.717, 1.165) is 5.56 Å². The number of rotatable bonds is 8. The molecule has 0 saturated carbocycles. The van der Waals surface area contributed by atoms with Gasteiger partial charge < -0.3 is 5.11 Å². The Bertz CT molecular complexity index is 889. The fourth-order valence-corrected chi connectivity index (χ4v) is 3.85. The highest BCUT2D eigenvalue weighted by molar-refractivity contribution is 5.25. The minimum Gasteiger partial charge on any atom is -0.390 e. The van der Waals surface area contributed by atoms with Gasteiger partial charge in [-0.25, -0.2) is 4.39 Å². The van der Waals surface area contributed by atoms with Crippen LogP contribution in [0.4, 0.5) is 4.39 Å². The summed E-state index contributed by atoms with van der Waals surface area (Å²) < 4.78 is 14.1. The SMILES string of the molecule is C[C@@H](c1ccccc1)N(Cc1ccccc1)C(CC(C)(C)O)c1cccc(F)c1. The Labute approximate surface area is 173 Å². The third kappa shape index (κ3) is 5.99. The second-order valence-electron chi connectivity index (χ2n) is 8.33. The maximum Gasteiger partial charge on any atom is 0.123 e. The monoisotopic (exact) mass is 391 g/mol. The van der Waals surface area contributed by atoms with E-state index in [-0.39, 0.29) is 17.9 Å². The molecule has 3 rings (SSSR count). The summed E-state index contributed by atoms with van der Waals surface area (Å²) in [6.45, 7) is 6.50. The lowest BCUT2D eigenvalue weighted by Crippen LogP contribution is -2.36. The van der Waals surface area contributed by atoms with Crippen molar-refractivity contribution in [2.24, 2.45) is 0 Å². The molecule has 2 nitrogen and oxygen atoms in total. The number of aliphatic hydroxyl groups is 1. The molecule has 2 atom stereocenters. The van der Waals surface area contributed by atoms with Crippen molar-refractivity contribution < 1.29 is 9.50 Å². The molecule has 1 N–H and O–H groups in total. The van der Waals surface area contributed by atoms with Gasteiger partial charge in [0.1, 0.15) is 5.82 Å². The van der Waals surface area contributed by atoms with Crippen LogP contribution in [0.1, 0.15) is 56.0 Å². The van der Waals surface area contributed by atoms with Crippen molar-refractivity contribution in [2.75, 3.05) is 0 Å². The predicted octanol–water partition coefficient (Wildman–Crippen LogP) is 6.29. The summed E-state index contributed by atoms with van der Waals surface area (Å²) in [5.41, 5.74) is 2.38. The molecule has 0 aromatic heterocycles. The van der Waals surface area contributed by atoms with E-state index in [2.05, 4.69) is 36.1 Å². The van der Waals surface area contributed by atoms with Crippen LogP contribution in [0.5, 0.6) is 0 Å². The third-order valence-corrected chi connectivity index (χ3v) is 5.31. The molecule has 29 heavy (non-hydrogen) atoms. The van der Waals surface area contributed by atoms with E-state index in [1.54, 1.807) is 12.1 Å². The zero-order valence-corrected chi connectivity index (χ0v) is 17.4. The first-order valence-electron chi connectivity index (χ1n) is 10.2. The summed E-state index contributed by atoms with van der Waals surface area (Å²) in [6.07, 6.45) is 0.500. The van der Waals surface area contributed by atoms with E-state index < -0.39 is 5.60 Å². The average Bonchev–Trinajstić information content (AvgIpc) is 2.71. The molecule has 0 bridgehead atoms. The highest BCUT2D eigenvalue weighted by Gasteiger charge is 2.31. The first-order valence-corrected chi connectivity index (χ1v) is 10.2. The summed E-state index contributed by atoms with van der Waals surface area (Å²) in [6, 6.07) is 27.3. The highest BCUT2D eigenvalue weighted by atomic mass is 19.1. The minimum atomic E-state index is -0.887. The molecule has 3 heteroatoms. The normalized spacial score (nSPS) is 14.0. The minimum absolute atomic E-state index is 0.0898. The van der Waals surface area contributed by atoms with Crippen LogP contribution in [0.2, 0.25) is 0 Å². The maximum atomic E-state index is 14.1. The van der Waals surface area contributed by atoms with Crippen LogP contribution < -0.4 is 0 Å². The fourth-order valence-electron chi connectivity index (χ4n) is 3.85. The molecule has 0 aliphatic rings. The molecule has 152 valence electrons. The van der Waals surface area contributed by atoms with Gasteiger partial charge in [-0.05, 0) is 56.0 Å². The maximum absolute atomic E-state index is 14.1. The van der Waals surface area contributed by atoms with Crippen molar-refractivity contribution in [2.45, 2.75) is 51.4 Å². The summed E-state index contributed by atoms with van der Waals surface area (Å²) in [5.74, 6) is -0.254. The van der Waals surface area contributed by atoms with E-state index in [4.69, 9.17) is 0 Å². The Hall–Kier alpha value is -2.49. The quantitative estimate of drug-likeness (QED) is 0.488. The highest BCUT2D eigenvalue weighted by Crippen LogP contribution is 2.37. The topological polar surface area (TPSA) is 23.5 Å². The van der Waals surface area contributed by atoms with Gasteiger partial charge in [0.2, 0.25) is 0 Å². The summed E-state index contributed by atoms with van der Waals surface area (Å²) in [7, 11) is 0. The Morgan fingerprint density at radius 3 is 2.03 bits per heavy atom. The number of hydrogen-bond acceptors (Lipinski definition) is 2. The lowest BCUT2D eigenvalue weighted by Gasteiger charge is -2.39. The van der Waals surface area contributed by atoms with Crippen LogP contribution in [-0.2, 0) is 6.54 Å². The van der Waals surface area contributed by atoms with Gasteiger partial charge in [-0.1, -0.05) is 72.8 Å². The van der Waals surface area contributed by atoms with Crippen molar-refractivity contribution in [1.82, 2.24) is 4.90 Å². The molecule has 0 aliphatic carbocycles.